The quantitative estimate of drug-likeness (QED) is 0.628. The van der Waals surface area contributed by atoms with Crippen molar-refractivity contribution < 1.29 is 9.59 Å². The molecule has 0 bridgehead atoms. The minimum absolute atomic E-state index is 0.0462. The van der Waals surface area contributed by atoms with Gasteiger partial charge in [0, 0.05) is 5.56 Å². The SMILES string of the molecule is Cc1ccc(C(=O)NC(C(=O)NCc2nc3ccccc3[nH]2)C(C)C)cc1. The highest BCUT2D eigenvalue weighted by molar-refractivity contribution is 5.97. The maximum absolute atomic E-state index is 12.6. The molecule has 1 unspecified atom stereocenters. The molecule has 0 spiro atoms. The maximum Gasteiger partial charge on any atom is 0.251 e. The average Bonchev–Trinajstić information content (AvgIpc) is 3.07. The van der Waals surface area contributed by atoms with Gasteiger partial charge in [0.15, 0.2) is 0 Å². The van der Waals surface area contributed by atoms with E-state index in [2.05, 4.69) is 20.6 Å². The molecular formula is C21H24N4O2. The van der Waals surface area contributed by atoms with Crippen LogP contribution < -0.4 is 10.6 Å². The molecule has 2 aromatic carbocycles. The number of aromatic amines is 1. The van der Waals surface area contributed by atoms with Crippen LogP contribution in [0.1, 0.15) is 35.6 Å². The lowest BCUT2D eigenvalue weighted by atomic mass is 10.0. The lowest BCUT2D eigenvalue weighted by Gasteiger charge is -2.21. The van der Waals surface area contributed by atoms with E-state index in [0.717, 1.165) is 16.6 Å². The summed E-state index contributed by atoms with van der Waals surface area (Å²) in [5.74, 6) is 0.144. The molecule has 3 aromatic rings. The lowest BCUT2D eigenvalue weighted by Crippen LogP contribution is -2.49. The third-order valence-electron chi connectivity index (χ3n) is 4.42. The average molecular weight is 364 g/mol. The fraction of sp³-hybridized carbons (Fsp3) is 0.286. The largest absolute Gasteiger partial charge is 0.347 e. The number of benzene rings is 2. The molecule has 0 saturated carbocycles. The van der Waals surface area contributed by atoms with Crippen LogP contribution in [0.15, 0.2) is 48.5 Å². The molecular weight excluding hydrogens is 340 g/mol. The Kier molecular flexibility index (Phi) is 5.54. The molecule has 0 aliphatic rings. The summed E-state index contributed by atoms with van der Waals surface area (Å²) in [6.07, 6.45) is 0. The normalized spacial score (nSPS) is 12.1. The number of rotatable bonds is 6. The number of carbonyl (C=O) groups excluding carboxylic acids is 2. The highest BCUT2D eigenvalue weighted by Gasteiger charge is 2.24. The predicted molar refractivity (Wildman–Crippen MR) is 105 cm³/mol. The number of nitrogens with one attached hydrogen (secondary N) is 3. The molecule has 6 heteroatoms. The van der Waals surface area contributed by atoms with Crippen LogP contribution in [-0.2, 0) is 11.3 Å². The zero-order chi connectivity index (χ0) is 19.4. The van der Waals surface area contributed by atoms with E-state index in [1.165, 1.54) is 0 Å². The number of aromatic nitrogens is 2. The molecule has 27 heavy (non-hydrogen) atoms. The fourth-order valence-corrected chi connectivity index (χ4v) is 2.83. The van der Waals surface area contributed by atoms with Gasteiger partial charge in [0.2, 0.25) is 5.91 Å². The monoisotopic (exact) mass is 364 g/mol. The molecule has 0 aliphatic carbocycles. The van der Waals surface area contributed by atoms with Crippen LogP contribution in [-0.4, -0.2) is 27.8 Å². The van der Waals surface area contributed by atoms with Gasteiger partial charge in [0.25, 0.3) is 5.91 Å². The minimum Gasteiger partial charge on any atom is -0.347 e. The number of aryl methyl sites for hydroxylation is 1. The molecule has 1 heterocycles. The first kappa shape index (κ1) is 18.6. The van der Waals surface area contributed by atoms with E-state index in [1.54, 1.807) is 12.1 Å². The molecule has 0 fully saturated rings. The van der Waals surface area contributed by atoms with E-state index in [-0.39, 0.29) is 24.3 Å². The third kappa shape index (κ3) is 4.53. The summed E-state index contributed by atoms with van der Waals surface area (Å²) in [6, 6.07) is 14.3. The number of hydrogen-bond donors (Lipinski definition) is 3. The smallest absolute Gasteiger partial charge is 0.251 e. The molecule has 140 valence electrons. The number of amides is 2. The standard InChI is InChI=1S/C21H24N4O2/c1-13(2)19(25-20(26)15-10-8-14(3)9-11-15)21(27)22-12-18-23-16-6-4-5-7-17(16)24-18/h4-11,13,19H,12H2,1-3H3,(H,22,27)(H,23,24)(H,25,26). The van der Waals surface area contributed by atoms with Crippen LogP contribution in [0.3, 0.4) is 0 Å². The summed E-state index contributed by atoms with van der Waals surface area (Å²) in [5, 5.41) is 5.69. The first-order valence-corrected chi connectivity index (χ1v) is 9.03. The topological polar surface area (TPSA) is 86.9 Å². The Balaban J connectivity index is 1.64. The predicted octanol–water partition coefficient (Wildman–Crippen LogP) is 2.94. The van der Waals surface area contributed by atoms with E-state index in [1.807, 2.05) is 57.2 Å². The first-order valence-electron chi connectivity index (χ1n) is 9.03. The lowest BCUT2D eigenvalue weighted by molar-refractivity contribution is -0.124. The summed E-state index contributed by atoms with van der Waals surface area (Å²) in [7, 11) is 0. The van der Waals surface area contributed by atoms with Crippen molar-refractivity contribution in [3.63, 3.8) is 0 Å². The second kappa shape index (κ2) is 8.03. The highest BCUT2D eigenvalue weighted by atomic mass is 16.2. The molecule has 0 radical (unpaired) electrons. The van der Waals surface area contributed by atoms with Crippen molar-refractivity contribution in [1.82, 2.24) is 20.6 Å². The van der Waals surface area contributed by atoms with E-state index >= 15 is 0 Å². The van der Waals surface area contributed by atoms with Crippen LogP contribution in [0.2, 0.25) is 0 Å². The summed E-state index contributed by atoms with van der Waals surface area (Å²) >= 11 is 0. The Labute approximate surface area is 158 Å². The van der Waals surface area contributed by atoms with Crippen molar-refractivity contribution in [3.8, 4) is 0 Å². The van der Waals surface area contributed by atoms with Gasteiger partial charge in [-0.3, -0.25) is 9.59 Å². The molecule has 1 aromatic heterocycles. The second-order valence-corrected chi connectivity index (χ2v) is 6.98. The second-order valence-electron chi connectivity index (χ2n) is 6.98. The molecule has 6 nitrogen and oxygen atoms in total. The number of hydrogen-bond acceptors (Lipinski definition) is 3. The van der Waals surface area contributed by atoms with Crippen LogP contribution in [0, 0.1) is 12.8 Å². The molecule has 0 saturated heterocycles. The zero-order valence-electron chi connectivity index (χ0n) is 15.7. The molecule has 3 N–H and O–H groups in total. The Morgan fingerprint density at radius 2 is 1.78 bits per heavy atom. The van der Waals surface area contributed by atoms with Gasteiger partial charge in [0.05, 0.1) is 17.6 Å². The van der Waals surface area contributed by atoms with Gasteiger partial charge in [-0.1, -0.05) is 43.7 Å². The summed E-state index contributed by atoms with van der Waals surface area (Å²) in [4.78, 5) is 32.7. The minimum atomic E-state index is -0.622. The van der Waals surface area contributed by atoms with Crippen molar-refractivity contribution in [2.75, 3.05) is 0 Å². The molecule has 1 atom stereocenters. The van der Waals surface area contributed by atoms with Gasteiger partial charge >= 0.3 is 0 Å². The highest BCUT2D eigenvalue weighted by Crippen LogP contribution is 2.11. The van der Waals surface area contributed by atoms with Gasteiger partial charge in [-0.15, -0.1) is 0 Å². The van der Waals surface area contributed by atoms with Crippen molar-refractivity contribution in [2.24, 2.45) is 5.92 Å². The summed E-state index contributed by atoms with van der Waals surface area (Å²) in [6.45, 7) is 6.04. The van der Waals surface area contributed by atoms with Crippen molar-refractivity contribution in [3.05, 3.63) is 65.5 Å². The number of H-pyrrole nitrogens is 1. The van der Waals surface area contributed by atoms with Crippen molar-refractivity contribution in [1.29, 1.82) is 0 Å². The van der Waals surface area contributed by atoms with E-state index in [4.69, 9.17) is 0 Å². The van der Waals surface area contributed by atoms with Crippen LogP contribution in [0.25, 0.3) is 11.0 Å². The number of carbonyl (C=O) groups is 2. The Bertz CT molecular complexity index is 911. The molecule has 0 aliphatic heterocycles. The summed E-state index contributed by atoms with van der Waals surface area (Å²) < 4.78 is 0. The van der Waals surface area contributed by atoms with E-state index < -0.39 is 6.04 Å². The number of para-hydroxylation sites is 2. The zero-order valence-corrected chi connectivity index (χ0v) is 15.7. The Morgan fingerprint density at radius 1 is 1.07 bits per heavy atom. The Morgan fingerprint density at radius 3 is 2.44 bits per heavy atom. The van der Waals surface area contributed by atoms with Crippen molar-refractivity contribution >= 4 is 22.8 Å². The third-order valence-corrected chi connectivity index (χ3v) is 4.42. The van der Waals surface area contributed by atoms with Crippen LogP contribution >= 0.6 is 0 Å². The van der Waals surface area contributed by atoms with Gasteiger partial charge in [0.1, 0.15) is 11.9 Å². The van der Waals surface area contributed by atoms with Gasteiger partial charge in [-0.05, 0) is 37.1 Å². The fourth-order valence-electron chi connectivity index (χ4n) is 2.83. The van der Waals surface area contributed by atoms with Crippen molar-refractivity contribution in [2.45, 2.75) is 33.4 Å². The molecule has 3 rings (SSSR count). The van der Waals surface area contributed by atoms with Crippen LogP contribution in [0.4, 0.5) is 0 Å². The Hall–Kier alpha value is -3.15. The summed E-state index contributed by atoms with van der Waals surface area (Å²) in [5.41, 5.74) is 3.40. The molecule has 2 amide bonds. The van der Waals surface area contributed by atoms with E-state index in [9.17, 15) is 9.59 Å². The maximum atomic E-state index is 12.6. The van der Waals surface area contributed by atoms with Crippen LogP contribution in [0.5, 0.6) is 0 Å². The number of imidazole rings is 1. The van der Waals surface area contributed by atoms with E-state index in [0.29, 0.717) is 11.4 Å². The van der Waals surface area contributed by atoms with Gasteiger partial charge in [-0.2, -0.15) is 0 Å². The number of fused-ring (bicyclic) bond motifs is 1. The number of nitrogens with zero attached hydrogens (tertiary/aromatic N) is 1. The van der Waals surface area contributed by atoms with Gasteiger partial charge < -0.3 is 15.6 Å². The first-order chi connectivity index (χ1) is 12.9. The van der Waals surface area contributed by atoms with Gasteiger partial charge in [-0.25, -0.2) is 4.98 Å².